The fourth-order valence-corrected chi connectivity index (χ4v) is 2.34. The van der Waals surface area contributed by atoms with Gasteiger partial charge >= 0.3 is 0 Å². The van der Waals surface area contributed by atoms with Gasteiger partial charge in [-0.3, -0.25) is 14.6 Å². The average molecular weight is 281 g/mol. The van der Waals surface area contributed by atoms with Gasteiger partial charge in [0, 0.05) is 18.3 Å². The minimum Gasteiger partial charge on any atom is -0.343 e. The van der Waals surface area contributed by atoms with Gasteiger partial charge in [-0.15, -0.1) is 0 Å². The third-order valence-corrected chi connectivity index (χ3v) is 3.48. The summed E-state index contributed by atoms with van der Waals surface area (Å²) in [5.41, 5.74) is 2.55. The molecule has 0 atom stereocenters. The molecule has 0 radical (unpaired) electrons. The van der Waals surface area contributed by atoms with Gasteiger partial charge in [-0.25, -0.2) is 0 Å². The van der Waals surface area contributed by atoms with Crippen molar-refractivity contribution in [1.82, 2.24) is 15.2 Å². The fraction of sp³-hybridized carbons (Fsp3) is 0.188. The summed E-state index contributed by atoms with van der Waals surface area (Å²) in [6.07, 6.45) is 1.73. The van der Waals surface area contributed by atoms with Crippen LogP contribution in [0.1, 0.15) is 21.6 Å². The zero-order valence-corrected chi connectivity index (χ0v) is 11.5. The highest BCUT2D eigenvalue weighted by atomic mass is 16.2. The van der Waals surface area contributed by atoms with Crippen LogP contribution in [0.3, 0.4) is 0 Å². The molecule has 1 aliphatic rings. The molecule has 1 aliphatic heterocycles. The Kier molecular flexibility index (Phi) is 3.64. The summed E-state index contributed by atoms with van der Waals surface area (Å²) in [5.74, 6) is -0.337. The number of nitrogens with one attached hydrogen (secondary N) is 1. The molecule has 0 aliphatic carbocycles. The minimum atomic E-state index is -0.237. The number of hydrogen-bond acceptors (Lipinski definition) is 3. The van der Waals surface area contributed by atoms with E-state index in [0.717, 1.165) is 11.3 Å². The monoisotopic (exact) mass is 281 g/mol. The molecular formula is C16H15N3O2. The molecular weight excluding hydrogens is 266 g/mol. The molecule has 2 heterocycles. The molecule has 5 heteroatoms. The molecule has 1 aromatic carbocycles. The minimum absolute atomic E-state index is 0.00170. The van der Waals surface area contributed by atoms with Crippen LogP contribution in [0.5, 0.6) is 0 Å². The van der Waals surface area contributed by atoms with E-state index in [1.165, 1.54) is 0 Å². The van der Waals surface area contributed by atoms with E-state index in [2.05, 4.69) is 10.3 Å². The van der Waals surface area contributed by atoms with E-state index in [-0.39, 0.29) is 18.4 Å². The average Bonchev–Trinajstić information content (AvgIpc) is 2.97. The quantitative estimate of drug-likeness (QED) is 0.924. The lowest BCUT2D eigenvalue weighted by molar-refractivity contribution is -0.130. The van der Waals surface area contributed by atoms with Gasteiger partial charge in [0.15, 0.2) is 0 Å². The van der Waals surface area contributed by atoms with Crippen LogP contribution in [-0.4, -0.2) is 28.2 Å². The SMILES string of the molecule is O=C(NCC(=O)N1Cc2cccnc2C1)c1ccccc1. The van der Waals surface area contributed by atoms with Crippen LogP contribution in [0, 0.1) is 0 Å². The summed E-state index contributed by atoms with van der Waals surface area (Å²) in [4.78, 5) is 30.0. The zero-order valence-electron chi connectivity index (χ0n) is 11.5. The topological polar surface area (TPSA) is 62.3 Å². The smallest absolute Gasteiger partial charge is 0.251 e. The van der Waals surface area contributed by atoms with E-state index in [1.54, 1.807) is 35.4 Å². The van der Waals surface area contributed by atoms with Gasteiger partial charge in [0.25, 0.3) is 5.91 Å². The first-order chi connectivity index (χ1) is 10.2. The van der Waals surface area contributed by atoms with E-state index in [9.17, 15) is 9.59 Å². The van der Waals surface area contributed by atoms with Gasteiger partial charge in [-0.1, -0.05) is 24.3 Å². The van der Waals surface area contributed by atoms with E-state index in [4.69, 9.17) is 0 Å². The Morgan fingerprint density at radius 3 is 2.67 bits per heavy atom. The first-order valence-corrected chi connectivity index (χ1v) is 6.78. The molecule has 106 valence electrons. The van der Waals surface area contributed by atoms with E-state index in [1.807, 2.05) is 18.2 Å². The largest absolute Gasteiger partial charge is 0.343 e. The third-order valence-electron chi connectivity index (χ3n) is 3.48. The zero-order chi connectivity index (χ0) is 14.7. The molecule has 0 fully saturated rings. The second kappa shape index (κ2) is 5.75. The van der Waals surface area contributed by atoms with Crippen LogP contribution in [0.15, 0.2) is 48.7 Å². The molecule has 2 amide bonds. The number of rotatable bonds is 3. The Hall–Kier alpha value is -2.69. The lowest BCUT2D eigenvalue weighted by Crippen LogP contribution is -2.37. The summed E-state index contributed by atoms with van der Waals surface area (Å²) in [5, 5.41) is 2.65. The third kappa shape index (κ3) is 2.91. The van der Waals surface area contributed by atoms with Crippen molar-refractivity contribution in [3.8, 4) is 0 Å². The molecule has 5 nitrogen and oxygen atoms in total. The van der Waals surface area contributed by atoms with Crippen molar-refractivity contribution < 1.29 is 9.59 Å². The Bertz CT molecular complexity index is 645. The molecule has 1 N–H and O–H groups in total. The number of fused-ring (bicyclic) bond motifs is 1. The number of nitrogens with zero attached hydrogens (tertiary/aromatic N) is 2. The molecule has 0 unspecified atom stereocenters. The summed E-state index contributed by atoms with van der Waals surface area (Å²) < 4.78 is 0. The molecule has 0 bridgehead atoms. The predicted octanol–water partition coefficient (Wildman–Crippen LogP) is 1.35. The summed E-state index contributed by atoms with van der Waals surface area (Å²) in [6.45, 7) is 1.07. The number of benzene rings is 1. The highest BCUT2D eigenvalue weighted by Crippen LogP contribution is 2.19. The first-order valence-electron chi connectivity index (χ1n) is 6.78. The highest BCUT2D eigenvalue weighted by molar-refractivity contribution is 5.96. The Balaban J connectivity index is 1.55. The Morgan fingerprint density at radius 1 is 1.10 bits per heavy atom. The van der Waals surface area contributed by atoms with Crippen molar-refractivity contribution in [1.29, 1.82) is 0 Å². The maximum Gasteiger partial charge on any atom is 0.251 e. The van der Waals surface area contributed by atoms with Gasteiger partial charge in [-0.05, 0) is 23.8 Å². The van der Waals surface area contributed by atoms with Gasteiger partial charge in [0.1, 0.15) is 0 Å². The Morgan fingerprint density at radius 2 is 1.90 bits per heavy atom. The Labute approximate surface area is 122 Å². The van der Waals surface area contributed by atoms with Gasteiger partial charge in [-0.2, -0.15) is 0 Å². The van der Waals surface area contributed by atoms with Crippen LogP contribution in [0.25, 0.3) is 0 Å². The molecule has 2 aromatic rings. The number of carbonyl (C=O) groups excluding carboxylic acids is 2. The van der Waals surface area contributed by atoms with Crippen LogP contribution >= 0.6 is 0 Å². The van der Waals surface area contributed by atoms with Crippen LogP contribution in [0.2, 0.25) is 0 Å². The number of amides is 2. The number of aromatic nitrogens is 1. The number of carbonyl (C=O) groups is 2. The molecule has 0 saturated carbocycles. The van der Waals surface area contributed by atoms with Crippen LogP contribution in [-0.2, 0) is 17.9 Å². The molecule has 3 rings (SSSR count). The van der Waals surface area contributed by atoms with Crippen molar-refractivity contribution in [3.63, 3.8) is 0 Å². The van der Waals surface area contributed by atoms with Gasteiger partial charge < -0.3 is 10.2 Å². The van der Waals surface area contributed by atoms with Crippen LogP contribution < -0.4 is 5.32 Å². The van der Waals surface area contributed by atoms with E-state index in [0.29, 0.717) is 18.7 Å². The van der Waals surface area contributed by atoms with E-state index < -0.39 is 0 Å². The van der Waals surface area contributed by atoms with E-state index >= 15 is 0 Å². The number of pyridine rings is 1. The maximum atomic E-state index is 12.1. The molecule has 0 saturated heterocycles. The van der Waals surface area contributed by atoms with Crippen molar-refractivity contribution in [3.05, 3.63) is 65.5 Å². The van der Waals surface area contributed by atoms with Gasteiger partial charge in [0.05, 0.1) is 18.8 Å². The lowest BCUT2D eigenvalue weighted by atomic mass is 10.2. The highest BCUT2D eigenvalue weighted by Gasteiger charge is 2.24. The van der Waals surface area contributed by atoms with Gasteiger partial charge in [0.2, 0.25) is 5.91 Å². The second-order valence-electron chi connectivity index (χ2n) is 4.91. The summed E-state index contributed by atoms with van der Waals surface area (Å²) in [7, 11) is 0. The summed E-state index contributed by atoms with van der Waals surface area (Å²) in [6, 6.07) is 12.7. The molecule has 0 spiro atoms. The maximum absolute atomic E-state index is 12.1. The second-order valence-corrected chi connectivity index (χ2v) is 4.91. The number of hydrogen-bond donors (Lipinski definition) is 1. The first kappa shape index (κ1) is 13.3. The van der Waals surface area contributed by atoms with Crippen molar-refractivity contribution >= 4 is 11.8 Å². The standard InChI is InChI=1S/C16H15N3O2/c20-15(9-18-16(21)12-5-2-1-3-6-12)19-10-13-7-4-8-17-14(13)11-19/h1-8H,9-11H2,(H,18,21). The predicted molar refractivity (Wildman–Crippen MR) is 77.3 cm³/mol. The van der Waals surface area contributed by atoms with Crippen molar-refractivity contribution in [2.75, 3.05) is 6.54 Å². The van der Waals surface area contributed by atoms with Crippen LogP contribution in [0.4, 0.5) is 0 Å². The summed E-state index contributed by atoms with van der Waals surface area (Å²) >= 11 is 0. The molecule has 1 aromatic heterocycles. The lowest BCUT2D eigenvalue weighted by Gasteiger charge is -2.15. The fourth-order valence-electron chi connectivity index (χ4n) is 2.34. The van der Waals surface area contributed by atoms with Crippen molar-refractivity contribution in [2.45, 2.75) is 13.1 Å². The normalized spacial score (nSPS) is 12.9. The molecule has 21 heavy (non-hydrogen) atoms. The van der Waals surface area contributed by atoms with Crippen molar-refractivity contribution in [2.24, 2.45) is 0 Å².